The predicted octanol–water partition coefficient (Wildman–Crippen LogP) is 4.92. The van der Waals surface area contributed by atoms with Crippen LogP contribution in [0.4, 0.5) is 15.2 Å². The summed E-state index contributed by atoms with van der Waals surface area (Å²) >= 11 is 1.61. The van der Waals surface area contributed by atoms with Gasteiger partial charge in [0, 0.05) is 35.4 Å². The Bertz CT molecular complexity index is 851. The first-order valence-corrected chi connectivity index (χ1v) is 9.33. The van der Waals surface area contributed by atoms with E-state index in [9.17, 15) is 4.39 Å². The molecule has 0 saturated carbocycles. The molecule has 2 N–H and O–H groups in total. The molecule has 3 nitrogen and oxygen atoms in total. The molecule has 0 bridgehead atoms. The molecule has 1 aliphatic rings. The summed E-state index contributed by atoms with van der Waals surface area (Å²) in [4.78, 5) is 7.91. The number of benzene rings is 2. The van der Waals surface area contributed by atoms with Crippen LogP contribution in [0.1, 0.15) is 23.6 Å². The smallest absolute Gasteiger partial charge is 0.180 e. The molecule has 1 aromatic heterocycles. The van der Waals surface area contributed by atoms with E-state index in [0.29, 0.717) is 11.0 Å². The molecule has 0 aliphatic carbocycles. The van der Waals surface area contributed by atoms with Gasteiger partial charge in [-0.15, -0.1) is 11.3 Å². The minimum absolute atomic E-state index is 0.203. The van der Waals surface area contributed by atoms with E-state index in [1.165, 1.54) is 22.7 Å². The van der Waals surface area contributed by atoms with Gasteiger partial charge in [0.2, 0.25) is 0 Å². The maximum atomic E-state index is 13.2. The third kappa shape index (κ3) is 3.37. The van der Waals surface area contributed by atoms with Gasteiger partial charge in [-0.3, -0.25) is 0 Å². The third-order valence-electron chi connectivity index (χ3n) is 4.84. The Labute approximate surface area is 150 Å². The molecule has 0 atom stereocenters. The van der Waals surface area contributed by atoms with Crippen LogP contribution in [0, 0.1) is 5.82 Å². The Morgan fingerprint density at radius 1 is 1.04 bits per heavy atom. The van der Waals surface area contributed by atoms with Crippen molar-refractivity contribution in [2.45, 2.75) is 18.8 Å². The van der Waals surface area contributed by atoms with Crippen LogP contribution in [0.3, 0.4) is 0 Å². The van der Waals surface area contributed by atoms with Crippen molar-refractivity contribution in [1.29, 1.82) is 0 Å². The zero-order valence-electron chi connectivity index (χ0n) is 13.9. The summed E-state index contributed by atoms with van der Waals surface area (Å²) in [5, 5.41) is 0.652. The van der Waals surface area contributed by atoms with Crippen molar-refractivity contribution in [1.82, 2.24) is 4.98 Å². The third-order valence-corrected chi connectivity index (χ3v) is 5.83. The lowest BCUT2D eigenvalue weighted by Gasteiger charge is -2.34. The second-order valence-electron chi connectivity index (χ2n) is 6.39. The minimum Gasteiger partial charge on any atom is -0.375 e. The first-order chi connectivity index (χ1) is 12.2. The maximum absolute atomic E-state index is 13.2. The Hall–Kier alpha value is -2.40. The molecule has 3 aromatic rings. The summed E-state index contributed by atoms with van der Waals surface area (Å²) in [6.45, 7) is 2.00. The van der Waals surface area contributed by atoms with Gasteiger partial charge < -0.3 is 10.6 Å². The topological polar surface area (TPSA) is 42.1 Å². The van der Waals surface area contributed by atoms with Crippen LogP contribution in [0.25, 0.3) is 11.1 Å². The van der Waals surface area contributed by atoms with E-state index in [-0.39, 0.29) is 5.82 Å². The van der Waals surface area contributed by atoms with Crippen LogP contribution < -0.4 is 10.6 Å². The number of nitrogens with two attached hydrogens (primary N) is 1. The quantitative estimate of drug-likeness (QED) is 0.727. The number of halogens is 1. The lowest BCUT2D eigenvalue weighted by atomic mass is 9.94. The van der Waals surface area contributed by atoms with E-state index in [1.54, 1.807) is 11.3 Å². The normalized spacial score (nSPS) is 15.5. The molecule has 0 radical (unpaired) electrons. The number of aromatic nitrogens is 1. The van der Waals surface area contributed by atoms with Crippen LogP contribution in [0.2, 0.25) is 0 Å². The number of para-hydroxylation sites is 1. The second-order valence-corrected chi connectivity index (χ2v) is 7.48. The number of piperidine rings is 1. The molecule has 2 heterocycles. The zero-order valence-corrected chi connectivity index (χ0v) is 14.7. The molecule has 128 valence electrons. The monoisotopic (exact) mass is 353 g/mol. The van der Waals surface area contributed by atoms with E-state index in [2.05, 4.69) is 28.1 Å². The van der Waals surface area contributed by atoms with E-state index in [0.717, 1.165) is 37.1 Å². The highest BCUT2D eigenvalue weighted by molar-refractivity contribution is 7.15. The summed E-state index contributed by atoms with van der Waals surface area (Å²) < 4.78 is 13.2. The number of nitrogen functional groups attached to an aromatic ring is 1. The van der Waals surface area contributed by atoms with Gasteiger partial charge >= 0.3 is 0 Å². The average molecular weight is 353 g/mol. The highest BCUT2D eigenvalue weighted by atomic mass is 32.1. The Morgan fingerprint density at radius 2 is 1.76 bits per heavy atom. The number of nitrogens with zero attached hydrogens (tertiary/aromatic N) is 2. The number of hydrogen-bond donors (Lipinski definition) is 1. The fourth-order valence-corrected chi connectivity index (χ4v) is 4.37. The van der Waals surface area contributed by atoms with Crippen LogP contribution in [-0.4, -0.2) is 18.1 Å². The van der Waals surface area contributed by atoms with Crippen molar-refractivity contribution < 1.29 is 4.39 Å². The molecule has 25 heavy (non-hydrogen) atoms. The highest BCUT2D eigenvalue weighted by Gasteiger charge is 2.23. The molecule has 4 rings (SSSR count). The summed E-state index contributed by atoms with van der Waals surface area (Å²) in [6, 6.07) is 15.1. The molecule has 0 unspecified atom stereocenters. The van der Waals surface area contributed by atoms with Gasteiger partial charge in [0.15, 0.2) is 5.13 Å². The Kier molecular flexibility index (Phi) is 4.40. The van der Waals surface area contributed by atoms with Gasteiger partial charge in [0.1, 0.15) is 5.82 Å². The molecule has 0 spiro atoms. The molecular formula is C20H20FN3S. The number of rotatable bonds is 3. The Morgan fingerprint density at radius 3 is 2.44 bits per heavy atom. The molecular weight excluding hydrogens is 333 g/mol. The second kappa shape index (κ2) is 6.84. The van der Waals surface area contributed by atoms with Crippen LogP contribution in [-0.2, 0) is 0 Å². The van der Waals surface area contributed by atoms with E-state index in [4.69, 9.17) is 5.73 Å². The SMILES string of the molecule is Nc1ncc(C2CCN(c3ccccc3-c3ccc(F)cc3)CC2)s1. The highest BCUT2D eigenvalue weighted by Crippen LogP contribution is 2.37. The summed E-state index contributed by atoms with van der Waals surface area (Å²) in [5.41, 5.74) is 9.19. The summed E-state index contributed by atoms with van der Waals surface area (Å²) in [5.74, 6) is 0.343. The summed E-state index contributed by atoms with van der Waals surface area (Å²) in [7, 11) is 0. The minimum atomic E-state index is -0.203. The largest absolute Gasteiger partial charge is 0.375 e. The van der Waals surface area contributed by atoms with Crippen LogP contribution in [0.5, 0.6) is 0 Å². The molecule has 5 heteroatoms. The maximum Gasteiger partial charge on any atom is 0.180 e. The van der Waals surface area contributed by atoms with Gasteiger partial charge in [0.25, 0.3) is 0 Å². The van der Waals surface area contributed by atoms with Gasteiger partial charge in [0.05, 0.1) is 0 Å². The zero-order chi connectivity index (χ0) is 17.2. The number of anilines is 2. The standard InChI is InChI=1S/C20H20FN3S/c21-16-7-5-14(6-8-16)17-3-1-2-4-18(17)24-11-9-15(10-12-24)19-13-23-20(22)25-19/h1-8,13,15H,9-12H2,(H2,22,23). The first kappa shape index (κ1) is 16.1. The van der Waals surface area contributed by atoms with Crippen molar-refractivity contribution in [2.75, 3.05) is 23.7 Å². The lowest BCUT2D eigenvalue weighted by Crippen LogP contribution is -2.33. The van der Waals surface area contributed by atoms with E-state index >= 15 is 0 Å². The van der Waals surface area contributed by atoms with Gasteiger partial charge in [-0.25, -0.2) is 9.37 Å². The summed E-state index contributed by atoms with van der Waals surface area (Å²) in [6.07, 6.45) is 4.12. The van der Waals surface area contributed by atoms with Crippen LogP contribution in [0.15, 0.2) is 54.7 Å². The molecule has 1 saturated heterocycles. The first-order valence-electron chi connectivity index (χ1n) is 8.52. The average Bonchev–Trinajstić information content (AvgIpc) is 3.09. The van der Waals surface area contributed by atoms with Crippen molar-refractivity contribution >= 4 is 22.2 Å². The van der Waals surface area contributed by atoms with Crippen LogP contribution >= 0.6 is 11.3 Å². The van der Waals surface area contributed by atoms with Gasteiger partial charge in [-0.05, 0) is 42.5 Å². The van der Waals surface area contributed by atoms with E-state index in [1.807, 2.05) is 24.4 Å². The number of thiazole rings is 1. The number of hydrogen-bond acceptors (Lipinski definition) is 4. The molecule has 1 fully saturated rings. The van der Waals surface area contributed by atoms with E-state index < -0.39 is 0 Å². The Balaban J connectivity index is 1.54. The van der Waals surface area contributed by atoms with Crippen molar-refractivity contribution in [3.05, 3.63) is 65.4 Å². The molecule has 1 aliphatic heterocycles. The lowest BCUT2D eigenvalue weighted by molar-refractivity contribution is 0.511. The van der Waals surface area contributed by atoms with Crippen molar-refractivity contribution in [3.8, 4) is 11.1 Å². The molecule has 0 amide bonds. The molecule has 2 aromatic carbocycles. The fourth-order valence-electron chi connectivity index (χ4n) is 3.52. The van der Waals surface area contributed by atoms with Gasteiger partial charge in [-0.1, -0.05) is 30.3 Å². The fraction of sp³-hybridized carbons (Fsp3) is 0.250. The van der Waals surface area contributed by atoms with Crippen molar-refractivity contribution in [2.24, 2.45) is 0 Å². The van der Waals surface area contributed by atoms with Crippen molar-refractivity contribution in [3.63, 3.8) is 0 Å². The van der Waals surface area contributed by atoms with Gasteiger partial charge in [-0.2, -0.15) is 0 Å². The predicted molar refractivity (Wildman–Crippen MR) is 103 cm³/mol.